The van der Waals surface area contributed by atoms with E-state index in [1.807, 2.05) is 31.2 Å². The first-order valence-electron chi connectivity index (χ1n) is 5.93. The van der Waals surface area contributed by atoms with Gasteiger partial charge in [-0.25, -0.2) is 0 Å². The van der Waals surface area contributed by atoms with Crippen LogP contribution in [0.5, 0.6) is 0 Å². The second kappa shape index (κ2) is 5.76. The molecule has 1 saturated heterocycles. The van der Waals surface area contributed by atoms with Crippen molar-refractivity contribution in [3.8, 4) is 0 Å². The highest BCUT2D eigenvalue weighted by atomic mass is 79.9. The highest BCUT2D eigenvalue weighted by molar-refractivity contribution is 9.10. The normalized spacial score (nSPS) is 18.9. The average molecular weight is 297 g/mol. The molecule has 1 aliphatic heterocycles. The van der Waals surface area contributed by atoms with Crippen LogP contribution in [0.25, 0.3) is 0 Å². The summed E-state index contributed by atoms with van der Waals surface area (Å²) in [4.78, 5) is 14.5. The van der Waals surface area contributed by atoms with E-state index in [9.17, 15) is 4.79 Å². The summed E-state index contributed by atoms with van der Waals surface area (Å²) in [6, 6.07) is 7.58. The van der Waals surface area contributed by atoms with Crippen molar-refractivity contribution in [2.24, 2.45) is 0 Å². The summed E-state index contributed by atoms with van der Waals surface area (Å²) in [6.07, 6.45) is 0. The first kappa shape index (κ1) is 12.7. The van der Waals surface area contributed by atoms with E-state index in [1.165, 1.54) is 0 Å². The van der Waals surface area contributed by atoms with Gasteiger partial charge in [0.2, 0.25) is 0 Å². The Hall–Kier alpha value is -0.710. The van der Waals surface area contributed by atoms with E-state index >= 15 is 0 Å². The molecule has 1 N–H and O–H groups in total. The number of carbonyl (C=O) groups excluding carboxylic acids is 1. The second-order valence-electron chi connectivity index (χ2n) is 4.34. The maximum absolute atomic E-state index is 12.3. The van der Waals surface area contributed by atoms with Crippen LogP contribution in [0.4, 0.5) is 0 Å². The largest absolute Gasteiger partial charge is 0.314 e. The Morgan fingerprint density at radius 3 is 2.76 bits per heavy atom. The fraction of sp³-hybridized carbons (Fsp3) is 0.462. The SMILES string of the molecule is CC(C(=O)c1cccc(Br)c1)N1CCNCC1. The summed E-state index contributed by atoms with van der Waals surface area (Å²) >= 11 is 3.40. The van der Waals surface area contributed by atoms with E-state index in [4.69, 9.17) is 0 Å². The molecule has 0 spiro atoms. The van der Waals surface area contributed by atoms with Crippen molar-refractivity contribution in [1.82, 2.24) is 10.2 Å². The van der Waals surface area contributed by atoms with Crippen molar-refractivity contribution in [1.29, 1.82) is 0 Å². The predicted octanol–water partition coefficient (Wildman–Crippen LogP) is 1.93. The van der Waals surface area contributed by atoms with Crippen molar-refractivity contribution >= 4 is 21.7 Å². The Bertz CT molecular complexity index is 402. The Labute approximate surface area is 110 Å². The standard InChI is InChI=1S/C13H17BrN2O/c1-10(16-7-5-15-6-8-16)13(17)11-3-2-4-12(14)9-11/h2-4,9-10,15H,5-8H2,1H3. The lowest BCUT2D eigenvalue weighted by atomic mass is 10.0. The molecule has 1 heterocycles. The lowest BCUT2D eigenvalue weighted by molar-refractivity contribution is 0.0820. The number of ketones is 1. The van der Waals surface area contributed by atoms with Gasteiger partial charge in [0, 0.05) is 36.2 Å². The lowest BCUT2D eigenvalue weighted by Gasteiger charge is -2.31. The summed E-state index contributed by atoms with van der Waals surface area (Å²) in [5.41, 5.74) is 0.783. The molecule has 0 saturated carbocycles. The van der Waals surface area contributed by atoms with Crippen LogP contribution in [0.2, 0.25) is 0 Å². The molecule has 17 heavy (non-hydrogen) atoms. The molecule has 2 rings (SSSR count). The van der Waals surface area contributed by atoms with Gasteiger partial charge in [0.25, 0.3) is 0 Å². The van der Waals surface area contributed by atoms with Crippen LogP contribution in [0.1, 0.15) is 17.3 Å². The molecule has 1 aromatic carbocycles. The summed E-state index contributed by atoms with van der Waals surface area (Å²) < 4.78 is 0.955. The van der Waals surface area contributed by atoms with E-state index in [-0.39, 0.29) is 11.8 Å². The number of benzene rings is 1. The fourth-order valence-corrected chi connectivity index (χ4v) is 2.52. The van der Waals surface area contributed by atoms with E-state index in [2.05, 4.69) is 26.1 Å². The number of carbonyl (C=O) groups is 1. The predicted molar refractivity (Wildman–Crippen MR) is 72.4 cm³/mol. The van der Waals surface area contributed by atoms with Gasteiger partial charge in [-0.3, -0.25) is 9.69 Å². The van der Waals surface area contributed by atoms with Gasteiger partial charge < -0.3 is 5.32 Å². The van der Waals surface area contributed by atoms with E-state index in [1.54, 1.807) is 0 Å². The summed E-state index contributed by atoms with van der Waals surface area (Å²) in [5.74, 6) is 0.202. The average Bonchev–Trinajstić information content (AvgIpc) is 2.38. The first-order chi connectivity index (χ1) is 8.18. The number of nitrogens with one attached hydrogen (secondary N) is 1. The summed E-state index contributed by atoms with van der Waals surface area (Å²) in [6.45, 7) is 5.82. The van der Waals surface area contributed by atoms with Gasteiger partial charge in [-0.15, -0.1) is 0 Å². The van der Waals surface area contributed by atoms with Crippen LogP contribution in [0.3, 0.4) is 0 Å². The molecular weight excluding hydrogens is 280 g/mol. The minimum atomic E-state index is -0.0357. The Morgan fingerprint density at radius 1 is 1.41 bits per heavy atom. The highest BCUT2D eigenvalue weighted by Crippen LogP contribution is 2.15. The molecule has 0 bridgehead atoms. The number of hydrogen-bond acceptors (Lipinski definition) is 3. The monoisotopic (exact) mass is 296 g/mol. The molecule has 4 heteroatoms. The number of rotatable bonds is 3. The Kier molecular flexibility index (Phi) is 4.31. The third kappa shape index (κ3) is 3.15. The fourth-order valence-electron chi connectivity index (χ4n) is 2.12. The van der Waals surface area contributed by atoms with Gasteiger partial charge in [0.1, 0.15) is 0 Å². The number of piperazine rings is 1. The maximum atomic E-state index is 12.3. The topological polar surface area (TPSA) is 32.3 Å². The molecule has 0 amide bonds. The minimum absolute atomic E-state index is 0.0357. The van der Waals surface area contributed by atoms with Gasteiger partial charge in [0.15, 0.2) is 5.78 Å². The molecule has 0 aromatic heterocycles. The quantitative estimate of drug-likeness (QED) is 0.865. The van der Waals surface area contributed by atoms with Crippen LogP contribution in [-0.4, -0.2) is 42.9 Å². The molecule has 1 aliphatic rings. The third-order valence-electron chi connectivity index (χ3n) is 3.19. The van der Waals surface area contributed by atoms with Gasteiger partial charge in [-0.2, -0.15) is 0 Å². The lowest BCUT2D eigenvalue weighted by Crippen LogP contribution is -2.50. The zero-order valence-corrected chi connectivity index (χ0v) is 11.5. The minimum Gasteiger partial charge on any atom is -0.314 e. The van der Waals surface area contributed by atoms with Crippen LogP contribution in [0.15, 0.2) is 28.7 Å². The Morgan fingerprint density at radius 2 is 2.12 bits per heavy atom. The number of Topliss-reactive ketones (excluding diaryl/α,β-unsaturated/α-hetero) is 1. The summed E-state index contributed by atoms with van der Waals surface area (Å²) in [7, 11) is 0. The van der Waals surface area contributed by atoms with Crippen LogP contribution >= 0.6 is 15.9 Å². The third-order valence-corrected chi connectivity index (χ3v) is 3.68. The van der Waals surface area contributed by atoms with Crippen LogP contribution in [-0.2, 0) is 0 Å². The maximum Gasteiger partial charge on any atom is 0.179 e. The number of halogens is 1. The van der Waals surface area contributed by atoms with Crippen LogP contribution < -0.4 is 5.32 Å². The summed E-state index contributed by atoms with van der Waals surface area (Å²) in [5, 5.41) is 3.30. The zero-order chi connectivity index (χ0) is 12.3. The zero-order valence-electron chi connectivity index (χ0n) is 9.95. The van der Waals surface area contributed by atoms with Crippen molar-refractivity contribution in [3.63, 3.8) is 0 Å². The molecule has 0 aliphatic carbocycles. The van der Waals surface area contributed by atoms with Gasteiger partial charge in [-0.05, 0) is 19.1 Å². The van der Waals surface area contributed by atoms with E-state index in [0.29, 0.717) is 0 Å². The number of hydrogen-bond donors (Lipinski definition) is 1. The van der Waals surface area contributed by atoms with E-state index < -0.39 is 0 Å². The van der Waals surface area contributed by atoms with Crippen molar-refractivity contribution in [2.45, 2.75) is 13.0 Å². The molecule has 92 valence electrons. The molecule has 1 fully saturated rings. The Balaban J connectivity index is 2.08. The van der Waals surface area contributed by atoms with Crippen molar-refractivity contribution in [2.75, 3.05) is 26.2 Å². The smallest absolute Gasteiger partial charge is 0.179 e. The van der Waals surface area contributed by atoms with Crippen molar-refractivity contribution < 1.29 is 4.79 Å². The van der Waals surface area contributed by atoms with Gasteiger partial charge >= 0.3 is 0 Å². The molecule has 1 atom stereocenters. The molecular formula is C13H17BrN2O. The highest BCUT2D eigenvalue weighted by Gasteiger charge is 2.23. The second-order valence-corrected chi connectivity index (χ2v) is 5.25. The van der Waals surface area contributed by atoms with Gasteiger partial charge in [0.05, 0.1) is 6.04 Å². The number of nitrogens with zero attached hydrogens (tertiary/aromatic N) is 1. The molecule has 0 radical (unpaired) electrons. The van der Waals surface area contributed by atoms with Gasteiger partial charge in [-0.1, -0.05) is 28.1 Å². The molecule has 3 nitrogen and oxygen atoms in total. The molecule has 1 unspecified atom stereocenters. The molecule has 1 aromatic rings. The first-order valence-corrected chi connectivity index (χ1v) is 6.72. The van der Waals surface area contributed by atoms with E-state index in [0.717, 1.165) is 36.2 Å². The van der Waals surface area contributed by atoms with Crippen LogP contribution in [0, 0.1) is 0 Å². The van der Waals surface area contributed by atoms with Crippen molar-refractivity contribution in [3.05, 3.63) is 34.3 Å².